The number of halogens is 1. The Kier molecular flexibility index (Phi) is 4.91. The van der Waals surface area contributed by atoms with Gasteiger partial charge in [0.15, 0.2) is 21.9 Å². The number of esters is 1. The molecule has 2 aromatic heterocycles. The molecule has 0 radical (unpaired) electrons. The summed E-state index contributed by atoms with van der Waals surface area (Å²) in [6, 6.07) is 6.80. The molecule has 0 aliphatic carbocycles. The van der Waals surface area contributed by atoms with Crippen LogP contribution in [0, 0.1) is 0 Å². The van der Waals surface area contributed by atoms with Crippen molar-refractivity contribution >= 4 is 45.5 Å². The van der Waals surface area contributed by atoms with Crippen molar-refractivity contribution in [2.75, 3.05) is 12.4 Å². The molecule has 2 heterocycles. The van der Waals surface area contributed by atoms with Gasteiger partial charge < -0.3 is 14.8 Å². The standard InChI is InChI=1S/C16H14ClN3O4S/c1-9(14(21)18-10-3-5-11(23-2)6-4-10)24-15(22)12-13(17)19-16-20(12)7-8-25-16/h3-9H,1-2H3,(H,18,21)/t9-/m0/s1. The quantitative estimate of drug-likeness (QED) is 0.688. The van der Waals surface area contributed by atoms with Crippen LogP contribution in [0.15, 0.2) is 35.8 Å². The molecule has 0 fully saturated rings. The first kappa shape index (κ1) is 17.2. The number of methoxy groups -OCH3 is 1. The van der Waals surface area contributed by atoms with Gasteiger partial charge in [0.1, 0.15) is 5.75 Å². The number of hydrogen-bond acceptors (Lipinski definition) is 6. The number of carbonyl (C=O) groups is 2. The van der Waals surface area contributed by atoms with Crippen LogP contribution in [0.25, 0.3) is 4.96 Å². The molecule has 0 aliphatic rings. The Hall–Kier alpha value is -2.58. The molecular weight excluding hydrogens is 366 g/mol. The van der Waals surface area contributed by atoms with Gasteiger partial charge in [-0.25, -0.2) is 9.78 Å². The summed E-state index contributed by atoms with van der Waals surface area (Å²) in [5, 5.41) is 4.48. The Morgan fingerprint density at radius 2 is 2.04 bits per heavy atom. The van der Waals surface area contributed by atoms with Crippen LogP contribution < -0.4 is 10.1 Å². The molecule has 0 bridgehead atoms. The summed E-state index contributed by atoms with van der Waals surface area (Å²) in [6.45, 7) is 1.48. The summed E-state index contributed by atoms with van der Waals surface area (Å²) in [6.07, 6.45) is 0.659. The number of nitrogens with one attached hydrogen (secondary N) is 1. The first-order chi connectivity index (χ1) is 12.0. The molecule has 0 spiro atoms. The number of aromatic nitrogens is 2. The molecule has 130 valence electrons. The molecule has 25 heavy (non-hydrogen) atoms. The summed E-state index contributed by atoms with van der Waals surface area (Å²) in [5.74, 6) is -0.498. The summed E-state index contributed by atoms with van der Waals surface area (Å²) in [5.41, 5.74) is 0.665. The lowest BCUT2D eigenvalue weighted by molar-refractivity contribution is -0.123. The predicted octanol–water partition coefficient (Wildman–Crippen LogP) is 3.24. The van der Waals surface area contributed by atoms with Crippen molar-refractivity contribution in [1.82, 2.24) is 9.38 Å². The maximum Gasteiger partial charge on any atom is 0.359 e. The van der Waals surface area contributed by atoms with Gasteiger partial charge in [0, 0.05) is 17.3 Å². The van der Waals surface area contributed by atoms with Gasteiger partial charge in [0.25, 0.3) is 5.91 Å². The fourth-order valence-electron chi connectivity index (χ4n) is 2.13. The minimum Gasteiger partial charge on any atom is -0.497 e. The monoisotopic (exact) mass is 379 g/mol. The van der Waals surface area contributed by atoms with Crippen molar-refractivity contribution in [3.05, 3.63) is 46.7 Å². The summed E-state index contributed by atoms with van der Waals surface area (Å²) in [7, 11) is 1.56. The summed E-state index contributed by atoms with van der Waals surface area (Å²) < 4.78 is 11.8. The minimum absolute atomic E-state index is 0.0413. The van der Waals surface area contributed by atoms with Crippen LogP contribution in [-0.2, 0) is 9.53 Å². The van der Waals surface area contributed by atoms with E-state index in [2.05, 4.69) is 10.3 Å². The molecule has 7 nitrogen and oxygen atoms in total. The fourth-order valence-corrected chi connectivity index (χ4v) is 3.14. The van der Waals surface area contributed by atoms with Crippen LogP contribution in [0.2, 0.25) is 5.15 Å². The molecule has 9 heteroatoms. The summed E-state index contributed by atoms with van der Waals surface area (Å²) in [4.78, 5) is 29.2. The molecule has 1 amide bonds. The number of hydrogen-bond donors (Lipinski definition) is 1. The van der Waals surface area contributed by atoms with Crippen LogP contribution >= 0.6 is 22.9 Å². The number of nitrogens with zero attached hydrogens (tertiary/aromatic N) is 2. The van der Waals surface area contributed by atoms with Crippen LogP contribution in [0.3, 0.4) is 0 Å². The lowest BCUT2D eigenvalue weighted by atomic mass is 10.3. The SMILES string of the molecule is COc1ccc(NC(=O)[C@H](C)OC(=O)c2c(Cl)nc3sccn23)cc1. The first-order valence-corrected chi connectivity index (χ1v) is 8.52. The molecule has 0 saturated heterocycles. The molecular formula is C16H14ClN3O4S. The number of anilines is 1. The molecule has 0 saturated carbocycles. The van der Waals surface area contributed by atoms with E-state index in [1.807, 2.05) is 0 Å². The highest BCUT2D eigenvalue weighted by atomic mass is 35.5. The van der Waals surface area contributed by atoms with Crippen molar-refractivity contribution in [2.45, 2.75) is 13.0 Å². The van der Waals surface area contributed by atoms with Gasteiger partial charge in [-0.05, 0) is 31.2 Å². The van der Waals surface area contributed by atoms with E-state index in [0.717, 1.165) is 0 Å². The van der Waals surface area contributed by atoms with E-state index < -0.39 is 18.0 Å². The number of fused-ring (bicyclic) bond motifs is 1. The molecule has 1 aromatic carbocycles. The second-order valence-corrected chi connectivity index (χ2v) is 6.30. The van der Waals surface area contributed by atoms with Gasteiger partial charge in [-0.15, -0.1) is 11.3 Å². The van der Waals surface area contributed by atoms with E-state index in [0.29, 0.717) is 16.4 Å². The Bertz CT molecular complexity index is 919. The third kappa shape index (κ3) is 3.59. The molecule has 0 aliphatic heterocycles. The Morgan fingerprint density at radius 1 is 1.32 bits per heavy atom. The maximum absolute atomic E-state index is 12.3. The molecule has 0 unspecified atom stereocenters. The van der Waals surface area contributed by atoms with Gasteiger partial charge in [0.2, 0.25) is 0 Å². The van der Waals surface area contributed by atoms with Gasteiger partial charge in [-0.3, -0.25) is 9.20 Å². The lowest BCUT2D eigenvalue weighted by Gasteiger charge is -2.13. The first-order valence-electron chi connectivity index (χ1n) is 7.26. The number of benzene rings is 1. The second-order valence-electron chi connectivity index (χ2n) is 5.07. The second kappa shape index (κ2) is 7.12. The Morgan fingerprint density at radius 3 is 2.72 bits per heavy atom. The van der Waals surface area contributed by atoms with Crippen molar-refractivity contribution < 1.29 is 19.1 Å². The van der Waals surface area contributed by atoms with E-state index in [1.165, 1.54) is 22.7 Å². The van der Waals surface area contributed by atoms with Crippen molar-refractivity contribution in [2.24, 2.45) is 0 Å². The van der Waals surface area contributed by atoms with Crippen LogP contribution in [0.4, 0.5) is 5.69 Å². The van der Waals surface area contributed by atoms with E-state index in [9.17, 15) is 9.59 Å². The number of carbonyl (C=O) groups excluding carboxylic acids is 2. The number of thiazole rings is 1. The third-order valence-corrected chi connectivity index (χ3v) is 4.44. The van der Waals surface area contributed by atoms with E-state index in [1.54, 1.807) is 43.0 Å². The molecule has 3 rings (SSSR count). The van der Waals surface area contributed by atoms with E-state index >= 15 is 0 Å². The Balaban J connectivity index is 1.67. The molecule has 1 N–H and O–H groups in total. The lowest BCUT2D eigenvalue weighted by Crippen LogP contribution is -2.30. The highest BCUT2D eigenvalue weighted by molar-refractivity contribution is 7.15. The number of rotatable bonds is 5. The number of amides is 1. The van der Waals surface area contributed by atoms with E-state index in [-0.39, 0.29) is 10.8 Å². The van der Waals surface area contributed by atoms with Crippen molar-refractivity contribution in [3.8, 4) is 5.75 Å². The van der Waals surface area contributed by atoms with Crippen LogP contribution in [0.5, 0.6) is 5.75 Å². The predicted molar refractivity (Wildman–Crippen MR) is 94.6 cm³/mol. The maximum atomic E-state index is 12.3. The minimum atomic E-state index is -1.00. The fraction of sp³-hybridized carbons (Fsp3) is 0.188. The zero-order valence-corrected chi connectivity index (χ0v) is 14.9. The van der Waals surface area contributed by atoms with Gasteiger partial charge in [0.05, 0.1) is 7.11 Å². The normalized spacial score (nSPS) is 12.0. The van der Waals surface area contributed by atoms with E-state index in [4.69, 9.17) is 21.1 Å². The number of ether oxygens (including phenoxy) is 2. The van der Waals surface area contributed by atoms with Gasteiger partial charge in [-0.1, -0.05) is 11.6 Å². The average Bonchev–Trinajstić information content (AvgIpc) is 3.15. The van der Waals surface area contributed by atoms with Crippen LogP contribution in [-0.4, -0.2) is 34.5 Å². The molecule has 3 aromatic rings. The third-order valence-electron chi connectivity index (χ3n) is 3.42. The zero-order chi connectivity index (χ0) is 18.0. The van der Waals surface area contributed by atoms with Crippen LogP contribution in [0.1, 0.15) is 17.4 Å². The van der Waals surface area contributed by atoms with Crippen molar-refractivity contribution in [3.63, 3.8) is 0 Å². The molecule has 1 atom stereocenters. The average molecular weight is 380 g/mol. The summed E-state index contributed by atoms with van der Waals surface area (Å²) >= 11 is 7.33. The van der Waals surface area contributed by atoms with Gasteiger partial charge in [-0.2, -0.15) is 0 Å². The largest absolute Gasteiger partial charge is 0.497 e. The van der Waals surface area contributed by atoms with Crippen molar-refractivity contribution in [1.29, 1.82) is 0 Å². The zero-order valence-electron chi connectivity index (χ0n) is 13.4. The Labute approximate surface area is 152 Å². The highest BCUT2D eigenvalue weighted by Gasteiger charge is 2.25. The highest BCUT2D eigenvalue weighted by Crippen LogP contribution is 2.22. The van der Waals surface area contributed by atoms with Gasteiger partial charge >= 0.3 is 5.97 Å². The number of imidazole rings is 1. The smallest absolute Gasteiger partial charge is 0.359 e. The topological polar surface area (TPSA) is 81.9 Å².